The molecule has 2 aromatic heterocycles. The van der Waals surface area contributed by atoms with Crippen LogP contribution in [0.2, 0.25) is 0 Å². The van der Waals surface area contributed by atoms with E-state index in [1.54, 1.807) is 30.9 Å². The van der Waals surface area contributed by atoms with Crippen LogP contribution < -0.4 is 10.4 Å². The van der Waals surface area contributed by atoms with Crippen LogP contribution in [0, 0.1) is 20.8 Å². The van der Waals surface area contributed by atoms with E-state index in [0.29, 0.717) is 35.9 Å². The molecule has 22 heavy (non-hydrogen) atoms. The highest BCUT2D eigenvalue weighted by Gasteiger charge is 2.34. The van der Waals surface area contributed by atoms with Crippen LogP contribution in [0.15, 0.2) is 31.8 Å². The van der Waals surface area contributed by atoms with Crippen LogP contribution >= 0.6 is 0 Å². The van der Waals surface area contributed by atoms with Gasteiger partial charge in [-0.05, 0) is 26.8 Å². The Bertz CT molecular complexity index is 767. The highest BCUT2D eigenvalue weighted by Crippen LogP contribution is 2.22. The normalized spacial score (nSPS) is 14.8. The Labute approximate surface area is 127 Å². The fourth-order valence-corrected chi connectivity index (χ4v) is 2.53. The van der Waals surface area contributed by atoms with Crippen molar-refractivity contribution in [1.82, 2.24) is 4.90 Å². The molecule has 3 heterocycles. The highest BCUT2D eigenvalue weighted by molar-refractivity contribution is 5.95. The molecule has 0 saturated carbocycles. The van der Waals surface area contributed by atoms with E-state index in [0.717, 1.165) is 5.76 Å². The molecule has 6 heteroatoms. The number of carbonyl (C=O) groups excluding carboxylic acids is 1. The smallest absolute Gasteiger partial charge is 0.339 e. The lowest BCUT2D eigenvalue weighted by molar-refractivity contribution is 0.0173. The molecule has 0 aromatic carbocycles. The molecule has 0 N–H and O–H groups in total. The summed E-state index contributed by atoms with van der Waals surface area (Å²) in [5.41, 5.74) is 0.152. The minimum Gasteiger partial charge on any atom is -0.486 e. The molecule has 0 radical (unpaired) electrons. The number of hydrogen-bond acceptors (Lipinski definition) is 5. The molecular formula is C16H17NO5. The van der Waals surface area contributed by atoms with Crippen molar-refractivity contribution in [2.45, 2.75) is 26.9 Å². The van der Waals surface area contributed by atoms with Gasteiger partial charge in [-0.25, -0.2) is 4.79 Å². The molecule has 0 bridgehead atoms. The molecule has 116 valence electrons. The molecule has 1 saturated heterocycles. The second-order valence-corrected chi connectivity index (χ2v) is 5.50. The van der Waals surface area contributed by atoms with Crippen molar-refractivity contribution in [2.24, 2.45) is 0 Å². The minimum absolute atomic E-state index is 0.0574. The minimum atomic E-state index is -0.438. The lowest BCUT2D eigenvalue weighted by atomic mass is 10.1. The first kappa shape index (κ1) is 14.4. The van der Waals surface area contributed by atoms with Gasteiger partial charge in [0.25, 0.3) is 5.91 Å². The third-order valence-corrected chi connectivity index (χ3v) is 3.58. The molecule has 0 spiro atoms. The van der Waals surface area contributed by atoms with Gasteiger partial charge in [-0.2, -0.15) is 0 Å². The first-order valence-electron chi connectivity index (χ1n) is 7.07. The van der Waals surface area contributed by atoms with Crippen LogP contribution in [0.1, 0.15) is 27.6 Å². The van der Waals surface area contributed by atoms with Crippen molar-refractivity contribution < 1.29 is 18.4 Å². The number of rotatable bonds is 3. The Morgan fingerprint density at radius 1 is 1.14 bits per heavy atom. The van der Waals surface area contributed by atoms with Gasteiger partial charge in [-0.1, -0.05) is 0 Å². The Kier molecular flexibility index (Phi) is 3.52. The van der Waals surface area contributed by atoms with Crippen molar-refractivity contribution in [3.8, 4) is 5.75 Å². The quantitative estimate of drug-likeness (QED) is 0.868. The van der Waals surface area contributed by atoms with Crippen LogP contribution in [0.25, 0.3) is 0 Å². The summed E-state index contributed by atoms with van der Waals surface area (Å²) < 4.78 is 15.9. The summed E-state index contributed by atoms with van der Waals surface area (Å²) in [6.45, 7) is 6.26. The zero-order valence-corrected chi connectivity index (χ0v) is 12.7. The Hall–Kier alpha value is -2.50. The molecule has 0 unspecified atom stereocenters. The summed E-state index contributed by atoms with van der Waals surface area (Å²) >= 11 is 0. The van der Waals surface area contributed by atoms with Crippen LogP contribution in [-0.2, 0) is 0 Å². The van der Waals surface area contributed by atoms with E-state index < -0.39 is 5.63 Å². The Balaban J connectivity index is 1.61. The third-order valence-electron chi connectivity index (χ3n) is 3.58. The van der Waals surface area contributed by atoms with Gasteiger partial charge in [0.05, 0.1) is 24.7 Å². The summed E-state index contributed by atoms with van der Waals surface area (Å²) in [6, 6.07) is 4.72. The SMILES string of the molecule is Cc1cc(C(=O)N2CC(Oc3cc(C)oc(=O)c3)C2)c(C)o1. The number of hydrogen-bond donors (Lipinski definition) is 0. The molecular weight excluding hydrogens is 286 g/mol. The maximum Gasteiger partial charge on any atom is 0.339 e. The van der Waals surface area contributed by atoms with Gasteiger partial charge in [0.15, 0.2) is 0 Å². The van der Waals surface area contributed by atoms with Gasteiger partial charge in [-0.3, -0.25) is 4.79 Å². The monoisotopic (exact) mass is 303 g/mol. The topological polar surface area (TPSA) is 72.9 Å². The lowest BCUT2D eigenvalue weighted by Gasteiger charge is -2.38. The first-order valence-corrected chi connectivity index (χ1v) is 7.07. The molecule has 1 fully saturated rings. The van der Waals surface area contributed by atoms with Gasteiger partial charge < -0.3 is 18.5 Å². The van der Waals surface area contributed by atoms with Crippen molar-refractivity contribution in [2.75, 3.05) is 13.1 Å². The molecule has 1 amide bonds. The number of likely N-dealkylation sites (tertiary alicyclic amines) is 1. The van der Waals surface area contributed by atoms with E-state index in [2.05, 4.69) is 0 Å². The maximum atomic E-state index is 12.3. The molecule has 3 rings (SSSR count). The van der Waals surface area contributed by atoms with Crippen LogP contribution in [0.5, 0.6) is 5.75 Å². The van der Waals surface area contributed by atoms with Crippen molar-refractivity contribution in [3.05, 3.63) is 51.5 Å². The number of carbonyl (C=O) groups is 1. The average Bonchev–Trinajstić information content (AvgIpc) is 2.70. The largest absolute Gasteiger partial charge is 0.486 e. The van der Waals surface area contributed by atoms with E-state index in [4.69, 9.17) is 13.6 Å². The average molecular weight is 303 g/mol. The standard InChI is InChI=1S/C16H17NO5/c1-9-4-12(6-15(18)21-9)22-13-7-17(8-13)16(19)14-5-10(2)20-11(14)3/h4-6,13H,7-8H2,1-3H3. The van der Waals surface area contributed by atoms with E-state index in [1.165, 1.54) is 6.07 Å². The van der Waals surface area contributed by atoms with Crippen molar-refractivity contribution in [1.29, 1.82) is 0 Å². The zero-order chi connectivity index (χ0) is 15.9. The molecule has 2 aromatic rings. The number of nitrogens with zero attached hydrogens (tertiary/aromatic N) is 1. The van der Waals surface area contributed by atoms with E-state index in [-0.39, 0.29) is 12.0 Å². The van der Waals surface area contributed by atoms with Gasteiger partial charge in [0, 0.05) is 6.07 Å². The molecule has 0 aliphatic carbocycles. The molecule has 1 aliphatic rings. The van der Waals surface area contributed by atoms with Crippen LogP contribution in [0.3, 0.4) is 0 Å². The van der Waals surface area contributed by atoms with E-state index >= 15 is 0 Å². The second-order valence-electron chi connectivity index (χ2n) is 5.50. The number of furan rings is 1. The Morgan fingerprint density at radius 3 is 2.41 bits per heavy atom. The number of ether oxygens (including phenoxy) is 1. The Morgan fingerprint density at radius 2 is 1.82 bits per heavy atom. The van der Waals surface area contributed by atoms with E-state index in [9.17, 15) is 9.59 Å². The molecule has 6 nitrogen and oxygen atoms in total. The van der Waals surface area contributed by atoms with E-state index in [1.807, 2.05) is 6.92 Å². The number of aryl methyl sites for hydroxylation is 3. The summed E-state index contributed by atoms with van der Waals surface area (Å²) in [7, 11) is 0. The van der Waals surface area contributed by atoms with Gasteiger partial charge in [0.2, 0.25) is 0 Å². The summed E-state index contributed by atoms with van der Waals surface area (Å²) in [5, 5.41) is 0. The molecule has 0 atom stereocenters. The highest BCUT2D eigenvalue weighted by atomic mass is 16.5. The first-order chi connectivity index (χ1) is 10.4. The summed E-state index contributed by atoms with van der Waals surface area (Å²) in [4.78, 5) is 25.3. The van der Waals surface area contributed by atoms with Crippen molar-refractivity contribution >= 4 is 5.91 Å². The van der Waals surface area contributed by atoms with Crippen LogP contribution in [0.4, 0.5) is 0 Å². The van der Waals surface area contributed by atoms with Crippen LogP contribution in [-0.4, -0.2) is 30.0 Å². The second kappa shape index (κ2) is 5.36. The fourth-order valence-electron chi connectivity index (χ4n) is 2.53. The predicted octanol–water partition coefficient (Wildman–Crippen LogP) is 2.06. The van der Waals surface area contributed by atoms with Gasteiger partial charge >= 0.3 is 5.63 Å². The number of amides is 1. The van der Waals surface area contributed by atoms with Crippen molar-refractivity contribution in [3.63, 3.8) is 0 Å². The maximum absolute atomic E-state index is 12.3. The predicted molar refractivity (Wildman–Crippen MR) is 78.2 cm³/mol. The lowest BCUT2D eigenvalue weighted by Crippen LogP contribution is -2.56. The molecule has 1 aliphatic heterocycles. The van der Waals surface area contributed by atoms with Gasteiger partial charge in [0.1, 0.15) is 29.1 Å². The third kappa shape index (κ3) is 2.77. The summed E-state index contributed by atoms with van der Waals surface area (Å²) in [6.07, 6.45) is -0.113. The zero-order valence-electron chi connectivity index (χ0n) is 12.7. The summed E-state index contributed by atoms with van der Waals surface area (Å²) in [5.74, 6) is 2.27. The fraction of sp³-hybridized carbons (Fsp3) is 0.375. The van der Waals surface area contributed by atoms with Gasteiger partial charge in [-0.15, -0.1) is 0 Å².